The van der Waals surface area contributed by atoms with E-state index < -0.39 is 5.60 Å². The van der Waals surface area contributed by atoms with Crippen molar-refractivity contribution in [2.24, 2.45) is 0 Å². The first-order valence-corrected chi connectivity index (χ1v) is 5.35. The maximum Gasteiger partial charge on any atom is 0.0986 e. The molecule has 0 saturated heterocycles. The average molecular weight is 278 g/mol. The Bertz CT molecular complexity index is 220. The summed E-state index contributed by atoms with van der Waals surface area (Å²) in [5.74, 6) is 0. The summed E-state index contributed by atoms with van der Waals surface area (Å²) in [5, 5.41) is 10.2. The summed E-state index contributed by atoms with van der Waals surface area (Å²) in [5.41, 5.74) is 0.465. The van der Waals surface area contributed by atoms with Gasteiger partial charge >= 0.3 is 0 Å². The van der Waals surface area contributed by atoms with Gasteiger partial charge < -0.3 is 5.11 Å². The van der Waals surface area contributed by atoms with Gasteiger partial charge in [0.2, 0.25) is 0 Å². The minimum Gasteiger partial charge on any atom is -0.384 e. The van der Waals surface area contributed by atoms with E-state index in [1.165, 1.54) is 0 Å². The Morgan fingerprint density at radius 1 is 1.83 bits per heavy atom. The van der Waals surface area contributed by atoms with E-state index in [2.05, 4.69) is 35.2 Å². The average Bonchev–Trinajstić information content (AvgIpc) is 1.94. The van der Waals surface area contributed by atoms with Crippen molar-refractivity contribution in [3.8, 4) is 0 Å². The third-order valence-electron chi connectivity index (χ3n) is 2.16. The molecule has 0 aromatic carbocycles. The normalized spacial score (nSPS) is 29.8. The van der Waals surface area contributed by atoms with E-state index in [0.717, 1.165) is 28.4 Å². The predicted octanol–water partition coefficient (Wildman–Crippen LogP) is 3.19. The van der Waals surface area contributed by atoms with E-state index in [1.807, 2.05) is 6.92 Å². The summed E-state index contributed by atoms with van der Waals surface area (Å²) in [6.07, 6.45) is 5.93. The lowest BCUT2D eigenvalue weighted by Crippen LogP contribution is -2.31. The van der Waals surface area contributed by atoms with Crippen molar-refractivity contribution in [3.05, 3.63) is 21.8 Å². The van der Waals surface area contributed by atoms with Crippen LogP contribution in [0.2, 0.25) is 0 Å². The van der Waals surface area contributed by atoms with Crippen LogP contribution in [-0.4, -0.2) is 10.7 Å². The summed E-state index contributed by atoms with van der Waals surface area (Å²) in [6.45, 7) is 5.81. The van der Waals surface area contributed by atoms with Crippen LogP contribution in [0.1, 0.15) is 32.6 Å². The Balaban J connectivity index is 2.74. The second-order valence-electron chi connectivity index (χ2n) is 3.61. The second-order valence-corrected chi connectivity index (χ2v) is 4.77. The lowest BCUT2D eigenvalue weighted by Gasteiger charge is -2.31. The Labute approximate surface area is 87.7 Å². The van der Waals surface area contributed by atoms with Gasteiger partial charge in [-0.05, 0) is 48.8 Å². The summed E-state index contributed by atoms with van der Waals surface area (Å²) in [7, 11) is 0. The van der Waals surface area contributed by atoms with E-state index in [4.69, 9.17) is 0 Å². The highest BCUT2D eigenvalue weighted by Gasteiger charge is 2.31. The number of hydrogen-bond acceptors (Lipinski definition) is 1. The lowest BCUT2D eigenvalue weighted by atomic mass is 9.86. The maximum absolute atomic E-state index is 10.2. The third kappa shape index (κ3) is 2.33. The molecule has 0 amide bonds. The first-order valence-electron chi connectivity index (χ1n) is 4.27. The zero-order valence-electron chi connectivity index (χ0n) is 7.44. The van der Waals surface area contributed by atoms with E-state index in [1.54, 1.807) is 0 Å². The number of allylic oxidation sites excluding steroid dienone is 1. The van der Waals surface area contributed by atoms with Crippen molar-refractivity contribution in [1.29, 1.82) is 0 Å². The van der Waals surface area contributed by atoms with Gasteiger partial charge in [0, 0.05) is 10.0 Å². The summed E-state index contributed by atoms with van der Waals surface area (Å²) < 4.78 is 1.09. The molecule has 1 rings (SSSR count). The Morgan fingerprint density at radius 2 is 2.50 bits per heavy atom. The SMILES string of the molecule is C=C(C)C[C@]1(O)CCCC=C1I. The molecule has 1 N–H and O–H groups in total. The van der Waals surface area contributed by atoms with Crippen LogP contribution in [0.5, 0.6) is 0 Å². The highest BCUT2D eigenvalue weighted by molar-refractivity contribution is 14.1. The first-order chi connectivity index (χ1) is 5.54. The number of halogens is 1. The third-order valence-corrected chi connectivity index (χ3v) is 3.60. The maximum atomic E-state index is 10.2. The quantitative estimate of drug-likeness (QED) is 0.607. The predicted molar refractivity (Wildman–Crippen MR) is 60.3 cm³/mol. The number of aliphatic hydroxyl groups is 1. The molecule has 68 valence electrons. The molecule has 0 heterocycles. The first kappa shape index (κ1) is 10.3. The molecule has 0 bridgehead atoms. The van der Waals surface area contributed by atoms with Crippen LogP contribution in [0.25, 0.3) is 0 Å². The Hall–Kier alpha value is 0.170. The molecule has 1 aliphatic carbocycles. The largest absolute Gasteiger partial charge is 0.384 e. The van der Waals surface area contributed by atoms with E-state index in [-0.39, 0.29) is 0 Å². The van der Waals surface area contributed by atoms with Crippen LogP contribution >= 0.6 is 22.6 Å². The molecule has 0 fully saturated rings. The van der Waals surface area contributed by atoms with Crippen LogP contribution in [0.4, 0.5) is 0 Å². The van der Waals surface area contributed by atoms with Gasteiger partial charge in [-0.25, -0.2) is 0 Å². The van der Waals surface area contributed by atoms with E-state index in [0.29, 0.717) is 6.42 Å². The van der Waals surface area contributed by atoms with Gasteiger partial charge in [-0.15, -0.1) is 6.58 Å². The minimum atomic E-state index is -0.593. The van der Waals surface area contributed by atoms with Crippen molar-refractivity contribution in [2.75, 3.05) is 0 Å². The van der Waals surface area contributed by atoms with Crippen molar-refractivity contribution in [3.63, 3.8) is 0 Å². The molecule has 12 heavy (non-hydrogen) atoms. The fourth-order valence-electron chi connectivity index (χ4n) is 1.60. The minimum absolute atomic E-state index is 0.593. The van der Waals surface area contributed by atoms with Crippen molar-refractivity contribution in [2.45, 2.75) is 38.2 Å². The topological polar surface area (TPSA) is 20.2 Å². The zero-order chi connectivity index (χ0) is 9.19. The molecule has 0 unspecified atom stereocenters. The lowest BCUT2D eigenvalue weighted by molar-refractivity contribution is 0.0732. The van der Waals surface area contributed by atoms with Crippen molar-refractivity contribution >= 4 is 22.6 Å². The van der Waals surface area contributed by atoms with Crippen LogP contribution in [-0.2, 0) is 0 Å². The molecule has 1 nitrogen and oxygen atoms in total. The second kappa shape index (κ2) is 3.92. The molecule has 0 aromatic heterocycles. The van der Waals surface area contributed by atoms with Gasteiger partial charge in [-0.1, -0.05) is 11.6 Å². The molecule has 0 radical (unpaired) electrons. The van der Waals surface area contributed by atoms with Crippen LogP contribution in [0.3, 0.4) is 0 Å². The summed E-state index contributed by atoms with van der Waals surface area (Å²) in [6, 6.07) is 0. The van der Waals surface area contributed by atoms with Gasteiger partial charge in [-0.3, -0.25) is 0 Å². The molecular weight excluding hydrogens is 263 g/mol. The van der Waals surface area contributed by atoms with Gasteiger partial charge in [0.1, 0.15) is 0 Å². The van der Waals surface area contributed by atoms with Crippen molar-refractivity contribution in [1.82, 2.24) is 0 Å². The molecular formula is C10H15IO. The number of hydrogen-bond donors (Lipinski definition) is 1. The van der Waals surface area contributed by atoms with E-state index >= 15 is 0 Å². The highest BCUT2D eigenvalue weighted by Crippen LogP contribution is 2.37. The molecule has 0 aliphatic heterocycles. The number of rotatable bonds is 2. The molecule has 1 aliphatic rings. The van der Waals surface area contributed by atoms with Gasteiger partial charge in [-0.2, -0.15) is 0 Å². The highest BCUT2D eigenvalue weighted by atomic mass is 127. The zero-order valence-corrected chi connectivity index (χ0v) is 9.60. The van der Waals surface area contributed by atoms with Gasteiger partial charge in [0.25, 0.3) is 0 Å². The summed E-state index contributed by atoms with van der Waals surface area (Å²) in [4.78, 5) is 0. The Morgan fingerprint density at radius 3 is 3.00 bits per heavy atom. The molecule has 2 heteroatoms. The monoisotopic (exact) mass is 278 g/mol. The van der Waals surface area contributed by atoms with Gasteiger partial charge in [0.05, 0.1) is 5.60 Å². The fourth-order valence-corrected chi connectivity index (χ4v) is 2.38. The smallest absolute Gasteiger partial charge is 0.0986 e. The van der Waals surface area contributed by atoms with Gasteiger partial charge in [0.15, 0.2) is 0 Å². The van der Waals surface area contributed by atoms with Crippen LogP contribution in [0.15, 0.2) is 21.8 Å². The Kier molecular flexibility index (Phi) is 3.35. The van der Waals surface area contributed by atoms with Crippen molar-refractivity contribution < 1.29 is 5.11 Å². The molecule has 0 aromatic rings. The molecule has 0 spiro atoms. The van der Waals surface area contributed by atoms with Crippen LogP contribution < -0.4 is 0 Å². The van der Waals surface area contributed by atoms with E-state index in [9.17, 15) is 5.11 Å². The summed E-state index contributed by atoms with van der Waals surface area (Å²) >= 11 is 2.24. The molecule has 0 saturated carbocycles. The molecule has 1 atom stereocenters. The standard InChI is InChI=1S/C10H15IO/c1-8(2)7-10(12)6-4-3-5-9(10)11/h5,12H,1,3-4,6-7H2,2H3/t10-/m1/s1. The fraction of sp³-hybridized carbons (Fsp3) is 0.600. The van der Waals surface area contributed by atoms with Crippen LogP contribution in [0, 0.1) is 0 Å².